The van der Waals surface area contributed by atoms with Crippen LogP contribution in [0.2, 0.25) is 0 Å². The van der Waals surface area contributed by atoms with Crippen molar-refractivity contribution in [3.8, 4) is 5.75 Å². The minimum absolute atomic E-state index is 0.103. The van der Waals surface area contributed by atoms with Gasteiger partial charge in [0.25, 0.3) is 0 Å². The molecule has 0 saturated carbocycles. The van der Waals surface area contributed by atoms with Gasteiger partial charge in [0.2, 0.25) is 5.91 Å². The summed E-state index contributed by atoms with van der Waals surface area (Å²) in [5.41, 5.74) is 4.57. The van der Waals surface area contributed by atoms with E-state index in [1.807, 2.05) is 24.7 Å². The van der Waals surface area contributed by atoms with Gasteiger partial charge >= 0.3 is 0 Å². The molecule has 1 atom stereocenters. The van der Waals surface area contributed by atoms with Crippen molar-refractivity contribution in [3.05, 3.63) is 46.8 Å². The van der Waals surface area contributed by atoms with E-state index in [0.717, 1.165) is 49.6 Å². The molecule has 2 aromatic rings. The van der Waals surface area contributed by atoms with Crippen molar-refractivity contribution in [2.45, 2.75) is 65.5 Å². The van der Waals surface area contributed by atoms with Crippen LogP contribution in [0.15, 0.2) is 24.3 Å². The topological polar surface area (TPSA) is 59.4 Å². The largest absolute Gasteiger partial charge is 0.489 e. The molecule has 0 aliphatic carbocycles. The third kappa shape index (κ3) is 5.85. The number of rotatable bonds is 9. The van der Waals surface area contributed by atoms with Crippen LogP contribution in [0.1, 0.15) is 55.1 Å². The maximum Gasteiger partial charge on any atom is 0.220 e. The number of unbranched alkanes of at least 4 members (excludes halogenated alkanes) is 1. The third-order valence-electron chi connectivity index (χ3n) is 6.01. The number of hydrogen-bond acceptors (Lipinski definition) is 4. The molecule has 0 unspecified atom stereocenters. The van der Waals surface area contributed by atoms with Gasteiger partial charge in [0, 0.05) is 50.9 Å². The molecule has 0 saturated heterocycles. The van der Waals surface area contributed by atoms with E-state index >= 15 is 0 Å². The van der Waals surface area contributed by atoms with Gasteiger partial charge in [0.15, 0.2) is 0 Å². The molecule has 3 rings (SSSR count). The molecular formula is C24H36N4O2. The fraction of sp³-hybridized carbons (Fsp3) is 0.583. The number of benzene rings is 1. The Morgan fingerprint density at radius 1 is 1.30 bits per heavy atom. The lowest BCUT2D eigenvalue weighted by molar-refractivity contribution is -0.121. The maximum atomic E-state index is 12.4. The normalized spacial score (nSPS) is 16.6. The first-order valence-corrected chi connectivity index (χ1v) is 11.2. The predicted molar refractivity (Wildman–Crippen MR) is 120 cm³/mol. The van der Waals surface area contributed by atoms with E-state index in [9.17, 15) is 4.79 Å². The number of para-hydroxylation sites is 1. The summed E-state index contributed by atoms with van der Waals surface area (Å²) in [7, 11) is 1.95. The zero-order valence-electron chi connectivity index (χ0n) is 18.9. The fourth-order valence-electron chi connectivity index (χ4n) is 4.17. The number of aryl methyl sites for hydroxylation is 2. The number of hydrogen-bond donors (Lipinski definition) is 1. The summed E-state index contributed by atoms with van der Waals surface area (Å²) in [4.78, 5) is 14.8. The average Bonchev–Trinajstić information content (AvgIpc) is 2.88. The fourth-order valence-corrected chi connectivity index (χ4v) is 4.17. The first-order chi connectivity index (χ1) is 14.5. The second-order valence-electron chi connectivity index (χ2n) is 8.35. The number of nitrogens with zero attached hydrogens (tertiary/aromatic N) is 3. The Bertz CT molecular complexity index is 846. The van der Waals surface area contributed by atoms with Crippen LogP contribution >= 0.6 is 0 Å². The average molecular weight is 413 g/mol. The second kappa shape index (κ2) is 10.6. The summed E-state index contributed by atoms with van der Waals surface area (Å²) in [5, 5.41) is 7.53. The zero-order chi connectivity index (χ0) is 21.5. The number of fused-ring (bicyclic) bond motifs is 1. The molecule has 30 heavy (non-hydrogen) atoms. The number of ether oxygens (including phenoxy) is 1. The zero-order valence-corrected chi connectivity index (χ0v) is 18.9. The lowest BCUT2D eigenvalue weighted by Gasteiger charge is -2.24. The lowest BCUT2D eigenvalue weighted by atomic mass is 10.1. The Balaban J connectivity index is 1.49. The van der Waals surface area contributed by atoms with Gasteiger partial charge in [-0.05, 0) is 44.7 Å². The van der Waals surface area contributed by atoms with Gasteiger partial charge in [0.1, 0.15) is 11.9 Å². The Morgan fingerprint density at radius 3 is 2.83 bits per heavy atom. The quantitative estimate of drug-likeness (QED) is 0.684. The van der Waals surface area contributed by atoms with E-state index in [4.69, 9.17) is 4.74 Å². The summed E-state index contributed by atoms with van der Waals surface area (Å²) in [5.74, 6) is 1.11. The summed E-state index contributed by atoms with van der Waals surface area (Å²) >= 11 is 0. The van der Waals surface area contributed by atoms with Gasteiger partial charge in [-0.1, -0.05) is 31.5 Å². The lowest BCUT2D eigenvalue weighted by Crippen LogP contribution is -2.38. The minimum atomic E-state index is 0.103. The highest BCUT2D eigenvalue weighted by molar-refractivity contribution is 5.76. The maximum absolute atomic E-state index is 12.4. The second-order valence-corrected chi connectivity index (χ2v) is 8.35. The van der Waals surface area contributed by atoms with E-state index in [2.05, 4.69) is 47.4 Å². The number of aromatic nitrogens is 2. The molecule has 2 heterocycles. The van der Waals surface area contributed by atoms with E-state index < -0.39 is 0 Å². The predicted octanol–water partition coefficient (Wildman–Crippen LogP) is 3.54. The third-order valence-corrected chi connectivity index (χ3v) is 6.01. The molecule has 0 fully saturated rings. The molecule has 0 spiro atoms. The molecule has 1 aromatic carbocycles. The number of carbonyl (C=O) groups excluding carboxylic acids is 1. The minimum Gasteiger partial charge on any atom is -0.489 e. The van der Waals surface area contributed by atoms with Gasteiger partial charge in [-0.15, -0.1) is 0 Å². The van der Waals surface area contributed by atoms with E-state index in [1.165, 1.54) is 24.0 Å². The molecule has 1 aliphatic rings. The molecule has 1 aromatic heterocycles. The van der Waals surface area contributed by atoms with Crippen LogP contribution in [0.5, 0.6) is 5.75 Å². The SMILES string of the molecule is CCCC[C@@H]1CN(CCNC(=O)CCc2c(C)nn(C)c2C)Cc2ccccc2O1. The molecule has 1 aliphatic heterocycles. The first-order valence-electron chi connectivity index (χ1n) is 11.2. The first kappa shape index (κ1) is 22.3. The van der Waals surface area contributed by atoms with E-state index in [0.29, 0.717) is 13.0 Å². The molecule has 0 bridgehead atoms. The van der Waals surface area contributed by atoms with Crippen molar-refractivity contribution in [2.75, 3.05) is 19.6 Å². The smallest absolute Gasteiger partial charge is 0.220 e. The van der Waals surface area contributed by atoms with Crippen molar-refractivity contribution in [1.29, 1.82) is 0 Å². The summed E-state index contributed by atoms with van der Waals surface area (Å²) in [6.07, 6.45) is 4.86. The molecule has 6 nitrogen and oxygen atoms in total. The van der Waals surface area contributed by atoms with Crippen molar-refractivity contribution < 1.29 is 9.53 Å². The van der Waals surface area contributed by atoms with Crippen molar-refractivity contribution in [3.63, 3.8) is 0 Å². The van der Waals surface area contributed by atoms with Crippen LogP contribution in [-0.4, -0.2) is 46.3 Å². The summed E-state index contributed by atoms with van der Waals surface area (Å²) in [6.45, 7) is 9.53. The molecule has 0 radical (unpaired) electrons. The van der Waals surface area contributed by atoms with Gasteiger partial charge in [-0.25, -0.2) is 0 Å². The molecule has 164 valence electrons. The molecular weight excluding hydrogens is 376 g/mol. The van der Waals surface area contributed by atoms with Crippen molar-refractivity contribution in [1.82, 2.24) is 20.0 Å². The highest BCUT2D eigenvalue weighted by atomic mass is 16.5. The van der Waals surface area contributed by atoms with Crippen LogP contribution in [0.3, 0.4) is 0 Å². The van der Waals surface area contributed by atoms with Crippen molar-refractivity contribution in [2.24, 2.45) is 7.05 Å². The van der Waals surface area contributed by atoms with E-state index in [-0.39, 0.29) is 12.0 Å². The summed E-state index contributed by atoms with van der Waals surface area (Å²) < 4.78 is 8.18. The Hall–Kier alpha value is -2.34. The highest BCUT2D eigenvalue weighted by Crippen LogP contribution is 2.26. The molecule has 1 N–H and O–H groups in total. The molecule has 6 heteroatoms. The van der Waals surface area contributed by atoms with E-state index in [1.54, 1.807) is 0 Å². The van der Waals surface area contributed by atoms with Gasteiger partial charge < -0.3 is 10.1 Å². The van der Waals surface area contributed by atoms with Gasteiger partial charge in [-0.2, -0.15) is 5.10 Å². The monoisotopic (exact) mass is 412 g/mol. The number of nitrogens with one attached hydrogen (secondary N) is 1. The number of amides is 1. The van der Waals surface area contributed by atoms with Gasteiger partial charge in [0.05, 0.1) is 5.69 Å². The van der Waals surface area contributed by atoms with Gasteiger partial charge in [-0.3, -0.25) is 14.4 Å². The van der Waals surface area contributed by atoms with Crippen LogP contribution in [0, 0.1) is 13.8 Å². The Morgan fingerprint density at radius 2 is 2.10 bits per heavy atom. The van der Waals surface area contributed by atoms with Crippen LogP contribution in [-0.2, 0) is 24.8 Å². The number of carbonyl (C=O) groups is 1. The van der Waals surface area contributed by atoms with Crippen LogP contribution in [0.25, 0.3) is 0 Å². The Kier molecular flexibility index (Phi) is 7.91. The Labute approximate surface area is 180 Å². The van der Waals surface area contributed by atoms with Crippen molar-refractivity contribution >= 4 is 5.91 Å². The highest BCUT2D eigenvalue weighted by Gasteiger charge is 2.22. The summed E-state index contributed by atoms with van der Waals surface area (Å²) in [6, 6.07) is 8.32. The molecule has 1 amide bonds. The van der Waals surface area contributed by atoms with Crippen LogP contribution < -0.4 is 10.1 Å². The van der Waals surface area contributed by atoms with Crippen LogP contribution in [0.4, 0.5) is 0 Å². The standard InChI is InChI=1S/C24H36N4O2/c1-5-6-10-21-17-28(16-20-9-7-8-11-23(20)30-21)15-14-25-24(29)13-12-22-18(2)26-27(4)19(22)3/h7-9,11,21H,5-6,10,12-17H2,1-4H3,(H,25,29)/t21-/m1/s1.